The zero-order valence-electron chi connectivity index (χ0n) is 16.2. The third kappa shape index (κ3) is 3.89. The van der Waals surface area contributed by atoms with Crippen molar-refractivity contribution in [3.8, 4) is 0 Å². The third-order valence-electron chi connectivity index (χ3n) is 5.24. The van der Waals surface area contributed by atoms with Crippen LogP contribution in [0.1, 0.15) is 34.7 Å². The lowest BCUT2D eigenvalue weighted by Crippen LogP contribution is -2.31. The van der Waals surface area contributed by atoms with Gasteiger partial charge in [-0.3, -0.25) is 4.68 Å². The minimum absolute atomic E-state index is 0.0531. The molecule has 0 N–H and O–H groups in total. The number of benzene rings is 1. The Morgan fingerprint density at radius 3 is 2.67 bits per heavy atom. The van der Waals surface area contributed by atoms with Crippen LogP contribution in [0.25, 0.3) is 0 Å². The van der Waals surface area contributed by atoms with Crippen LogP contribution in [0.5, 0.6) is 0 Å². The minimum atomic E-state index is -4.64. The Balaban J connectivity index is 1.73. The molecular weight excluding hydrogens is 419 g/mol. The van der Waals surface area contributed by atoms with Gasteiger partial charge in [0.15, 0.2) is 0 Å². The van der Waals surface area contributed by atoms with Crippen molar-refractivity contribution in [2.75, 3.05) is 0 Å². The van der Waals surface area contributed by atoms with E-state index in [0.717, 1.165) is 47.0 Å². The summed E-state index contributed by atoms with van der Waals surface area (Å²) in [5, 5.41) is 4.47. The maximum atomic E-state index is 13.3. The van der Waals surface area contributed by atoms with E-state index in [2.05, 4.69) is 5.10 Å². The van der Waals surface area contributed by atoms with Crippen LogP contribution in [0.4, 0.5) is 13.2 Å². The van der Waals surface area contributed by atoms with Crippen molar-refractivity contribution < 1.29 is 26.0 Å². The summed E-state index contributed by atoms with van der Waals surface area (Å²) in [6.45, 7) is -0.167. The van der Waals surface area contributed by atoms with Crippen molar-refractivity contribution in [1.29, 1.82) is 0 Å². The van der Waals surface area contributed by atoms with Crippen molar-refractivity contribution >= 4 is 10.0 Å². The Morgan fingerprint density at radius 1 is 1.17 bits per heavy atom. The van der Waals surface area contributed by atoms with Crippen molar-refractivity contribution in [2.24, 2.45) is 7.05 Å². The van der Waals surface area contributed by atoms with Crippen LogP contribution in [-0.4, -0.2) is 22.5 Å². The molecular formula is C20H20F3N3O3S. The number of nitrogens with zero attached hydrogens (tertiary/aromatic N) is 3. The van der Waals surface area contributed by atoms with Crippen molar-refractivity contribution in [2.45, 2.75) is 43.4 Å². The number of sulfonamides is 1. The van der Waals surface area contributed by atoms with E-state index in [1.807, 2.05) is 7.05 Å². The van der Waals surface area contributed by atoms with E-state index in [-0.39, 0.29) is 13.1 Å². The average molecular weight is 439 g/mol. The number of alkyl halides is 3. The van der Waals surface area contributed by atoms with Crippen molar-refractivity contribution in [1.82, 2.24) is 14.1 Å². The number of fused-ring (bicyclic) bond motifs is 1. The van der Waals surface area contributed by atoms with Gasteiger partial charge in [-0.05, 0) is 55.2 Å². The summed E-state index contributed by atoms with van der Waals surface area (Å²) in [6, 6.07) is 7.02. The summed E-state index contributed by atoms with van der Waals surface area (Å²) < 4.78 is 74.2. The Bertz CT molecular complexity index is 1150. The van der Waals surface area contributed by atoms with Crippen molar-refractivity contribution in [3.63, 3.8) is 0 Å². The van der Waals surface area contributed by atoms with Crippen LogP contribution in [0.3, 0.4) is 0 Å². The molecule has 0 unspecified atom stereocenters. The molecule has 0 atom stereocenters. The van der Waals surface area contributed by atoms with E-state index >= 15 is 0 Å². The SMILES string of the molecule is Cn1nc(CN(Cc2ccco2)S(=O)(=O)c2cccc(C(F)(F)F)c2)c2c1CCC2. The monoisotopic (exact) mass is 439 g/mol. The molecule has 1 aromatic carbocycles. The fourth-order valence-corrected chi connectivity index (χ4v) is 5.19. The van der Waals surface area contributed by atoms with Gasteiger partial charge in [0.1, 0.15) is 5.76 Å². The third-order valence-corrected chi connectivity index (χ3v) is 7.02. The molecule has 2 heterocycles. The molecule has 30 heavy (non-hydrogen) atoms. The molecule has 1 aliphatic rings. The van der Waals surface area contributed by atoms with Gasteiger partial charge in [0.25, 0.3) is 0 Å². The number of aromatic nitrogens is 2. The lowest BCUT2D eigenvalue weighted by atomic mass is 10.2. The first-order chi connectivity index (χ1) is 14.2. The molecule has 0 fully saturated rings. The van der Waals surface area contributed by atoms with Crippen LogP contribution in [0, 0.1) is 0 Å². The molecule has 4 rings (SSSR count). The van der Waals surface area contributed by atoms with Crippen LogP contribution in [0.2, 0.25) is 0 Å². The standard InChI is InChI=1S/C20H20F3N3O3S/c1-25-19-9-3-8-17(19)18(24-25)13-26(12-15-6-4-10-29-15)30(27,28)16-7-2-5-14(11-16)20(21,22)23/h2,4-7,10-11H,3,8-9,12-13H2,1H3. The molecule has 0 bridgehead atoms. The quantitative estimate of drug-likeness (QED) is 0.584. The summed E-state index contributed by atoms with van der Waals surface area (Å²) >= 11 is 0. The molecule has 2 aromatic heterocycles. The molecule has 160 valence electrons. The Hall–Kier alpha value is -2.59. The summed E-state index contributed by atoms with van der Waals surface area (Å²) in [5.74, 6) is 0.387. The number of rotatable bonds is 6. The first-order valence-corrected chi connectivity index (χ1v) is 10.8. The van der Waals surface area contributed by atoms with Crippen molar-refractivity contribution in [3.05, 3.63) is 70.9 Å². The molecule has 3 aromatic rings. The van der Waals surface area contributed by atoms with E-state index in [1.165, 1.54) is 12.3 Å². The Kier molecular flexibility index (Phi) is 5.23. The van der Waals surface area contributed by atoms with Gasteiger partial charge in [-0.2, -0.15) is 22.6 Å². The maximum absolute atomic E-state index is 13.3. The summed E-state index contributed by atoms with van der Waals surface area (Å²) in [6.07, 6.45) is -0.581. The van der Waals surface area contributed by atoms with E-state index in [1.54, 1.807) is 16.8 Å². The predicted octanol–water partition coefficient (Wildman–Crippen LogP) is 3.91. The van der Waals surface area contributed by atoms with Gasteiger partial charge in [-0.25, -0.2) is 8.42 Å². The van der Waals surface area contributed by atoms with E-state index in [0.29, 0.717) is 17.5 Å². The van der Waals surface area contributed by atoms with E-state index in [4.69, 9.17) is 4.42 Å². The lowest BCUT2D eigenvalue weighted by Gasteiger charge is -2.21. The molecule has 1 aliphatic carbocycles. The van der Waals surface area contributed by atoms with Gasteiger partial charge in [-0.15, -0.1) is 0 Å². The molecule has 10 heteroatoms. The Labute approximate surface area is 172 Å². The normalized spacial score (nSPS) is 14.4. The second-order valence-corrected chi connectivity index (χ2v) is 9.17. The molecule has 0 amide bonds. The molecule has 0 spiro atoms. The highest BCUT2D eigenvalue weighted by Crippen LogP contribution is 2.32. The smallest absolute Gasteiger partial charge is 0.416 e. The molecule has 0 radical (unpaired) electrons. The maximum Gasteiger partial charge on any atom is 0.416 e. The zero-order valence-corrected chi connectivity index (χ0v) is 17.0. The second kappa shape index (κ2) is 7.59. The summed E-state index contributed by atoms with van der Waals surface area (Å²) in [7, 11) is -2.43. The van der Waals surface area contributed by atoms with Gasteiger partial charge >= 0.3 is 6.18 Å². The summed E-state index contributed by atoms with van der Waals surface area (Å²) in [4.78, 5) is -0.420. The number of aryl methyl sites for hydroxylation is 1. The van der Waals surface area contributed by atoms with Crippen LogP contribution in [-0.2, 0) is 49.2 Å². The van der Waals surface area contributed by atoms with Crippen LogP contribution < -0.4 is 0 Å². The predicted molar refractivity (Wildman–Crippen MR) is 102 cm³/mol. The average Bonchev–Trinajstić information content (AvgIpc) is 3.42. The fourth-order valence-electron chi connectivity index (χ4n) is 3.78. The van der Waals surface area contributed by atoms with Gasteiger partial charge in [0.2, 0.25) is 10.0 Å². The van der Waals surface area contributed by atoms with Gasteiger partial charge in [0.05, 0.1) is 35.5 Å². The van der Waals surface area contributed by atoms with Gasteiger partial charge in [0, 0.05) is 12.7 Å². The number of halogens is 3. The first kappa shape index (κ1) is 20.7. The van der Waals surface area contributed by atoms with Gasteiger partial charge in [-0.1, -0.05) is 6.07 Å². The van der Waals surface area contributed by atoms with Gasteiger partial charge < -0.3 is 4.42 Å². The topological polar surface area (TPSA) is 68.3 Å². The highest BCUT2D eigenvalue weighted by molar-refractivity contribution is 7.89. The Morgan fingerprint density at radius 2 is 1.97 bits per heavy atom. The highest BCUT2D eigenvalue weighted by atomic mass is 32.2. The largest absolute Gasteiger partial charge is 0.468 e. The number of hydrogen-bond donors (Lipinski definition) is 0. The lowest BCUT2D eigenvalue weighted by molar-refractivity contribution is -0.137. The minimum Gasteiger partial charge on any atom is -0.468 e. The zero-order chi connectivity index (χ0) is 21.5. The summed E-state index contributed by atoms with van der Waals surface area (Å²) in [5.41, 5.74) is 1.69. The molecule has 6 nitrogen and oxygen atoms in total. The highest BCUT2D eigenvalue weighted by Gasteiger charge is 2.34. The van der Waals surface area contributed by atoms with Crippen LogP contribution >= 0.6 is 0 Å². The fraction of sp³-hybridized carbons (Fsp3) is 0.350. The van der Waals surface area contributed by atoms with E-state index < -0.39 is 26.7 Å². The van der Waals surface area contributed by atoms with Crippen LogP contribution in [0.15, 0.2) is 52.0 Å². The number of hydrogen-bond acceptors (Lipinski definition) is 4. The first-order valence-electron chi connectivity index (χ1n) is 9.39. The number of furan rings is 1. The molecule has 0 aliphatic heterocycles. The molecule has 0 saturated heterocycles. The van der Waals surface area contributed by atoms with E-state index in [9.17, 15) is 21.6 Å². The molecule has 0 saturated carbocycles. The second-order valence-electron chi connectivity index (χ2n) is 7.23.